The number of hydrogen-bond acceptors (Lipinski definition) is 3. The van der Waals surface area contributed by atoms with Crippen LogP contribution in [-0.2, 0) is 14.8 Å². The van der Waals surface area contributed by atoms with Gasteiger partial charge in [-0.3, -0.25) is 4.79 Å². The third-order valence-corrected chi connectivity index (χ3v) is 4.24. The van der Waals surface area contributed by atoms with Crippen molar-refractivity contribution in [2.75, 3.05) is 0 Å². The summed E-state index contributed by atoms with van der Waals surface area (Å²) in [6.07, 6.45) is 0.205. The van der Waals surface area contributed by atoms with E-state index in [4.69, 9.17) is 5.11 Å². The Labute approximate surface area is 113 Å². The van der Waals surface area contributed by atoms with Gasteiger partial charge >= 0.3 is 5.97 Å². The lowest BCUT2D eigenvalue weighted by atomic mass is 10.2. The molecule has 0 aliphatic heterocycles. The third kappa shape index (κ3) is 4.65. The molecule has 1 unspecified atom stereocenters. The highest BCUT2D eigenvalue weighted by molar-refractivity contribution is 7.89. The first-order valence-electron chi connectivity index (χ1n) is 6.07. The van der Waals surface area contributed by atoms with E-state index in [0.29, 0.717) is 6.42 Å². The van der Waals surface area contributed by atoms with Gasteiger partial charge in [0.1, 0.15) is 0 Å². The van der Waals surface area contributed by atoms with Crippen molar-refractivity contribution in [3.8, 4) is 0 Å². The van der Waals surface area contributed by atoms with E-state index in [-0.39, 0.29) is 11.3 Å². The van der Waals surface area contributed by atoms with E-state index in [1.54, 1.807) is 19.1 Å². The summed E-state index contributed by atoms with van der Waals surface area (Å²) in [5, 5.41) is 8.74. The maximum Gasteiger partial charge on any atom is 0.304 e. The van der Waals surface area contributed by atoms with Crippen LogP contribution in [0.1, 0.15) is 30.9 Å². The molecule has 1 atom stereocenters. The van der Waals surface area contributed by atoms with Crippen molar-refractivity contribution in [1.82, 2.24) is 4.72 Å². The minimum atomic E-state index is -3.68. The maximum absolute atomic E-state index is 12.2. The Balaban J connectivity index is 3.00. The van der Waals surface area contributed by atoms with Gasteiger partial charge in [0.05, 0.1) is 11.3 Å². The summed E-state index contributed by atoms with van der Waals surface area (Å²) < 4.78 is 26.8. The average molecular weight is 285 g/mol. The van der Waals surface area contributed by atoms with Crippen LogP contribution in [0.25, 0.3) is 0 Å². The Morgan fingerprint density at radius 1 is 1.26 bits per heavy atom. The zero-order valence-electron chi connectivity index (χ0n) is 11.3. The van der Waals surface area contributed by atoms with E-state index < -0.39 is 22.0 Å². The number of carboxylic acid groups (broad SMARTS) is 1. The number of carbonyl (C=O) groups is 1. The summed E-state index contributed by atoms with van der Waals surface area (Å²) in [6, 6.07) is 4.43. The highest BCUT2D eigenvalue weighted by Gasteiger charge is 2.21. The van der Waals surface area contributed by atoms with Crippen molar-refractivity contribution < 1.29 is 18.3 Å². The van der Waals surface area contributed by atoms with E-state index in [9.17, 15) is 13.2 Å². The minimum Gasteiger partial charge on any atom is -0.481 e. The highest BCUT2D eigenvalue weighted by Crippen LogP contribution is 2.15. The first-order chi connectivity index (χ1) is 8.74. The number of carboxylic acids is 1. The van der Waals surface area contributed by atoms with Crippen molar-refractivity contribution in [2.45, 2.75) is 44.6 Å². The van der Waals surface area contributed by atoms with Gasteiger partial charge in [-0.1, -0.05) is 13.0 Å². The second-order valence-electron chi connectivity index (χ2n) is 4.65. The molecule has 1 aromatic rings. The molecule has 6 heteroatoms. The monoisotopic (exact) mass is 285 g/mol. The zero-order chi connectivity index (χ0) is 14.6. The number of sulfonamides is 1. The van der Waals surface area contributed by atoms with Crippen molar-refractivity contribution in [3.05, 3.63) is 29.3 Å². The lowest BCUT2D eigenvalue weighted by Gasteiger charge is -2.15. The Kier molecular flexibility index (Phi) is 5.08. The van der Waals surface area contributed by atoms with Gasteiger partial charge in [0.25, 0.3) is 0 Å². The van der Waals surface area contributed by atoms with Crippen LogP contribution in [0.5, 0.6) is 0 Å². The summed E-state index contributed by atoms with van der Waals surface area (Å²) in [7, 11) is -3.68. The summed E-state index contributed by atoms with van der Waals surface area (Å²) in [5.41, 5.74) is 1.71. The fourth-order valence-electron chi connectivity index (χ4n) is 1.86. The smallest absolute Gasteiger partial charge is 0.304 e. The van der Waals surface area contributed by atoms with Gasteiger partial charge in [-0.2, -0.15) is 0 Å². The van der Waals surface area contributed by atoms with E-state index in [1.165, 1.54) is 0 Å². The molecule has 0 aromatic heterocycles. The van der Waals surface area contributed by atoms with Crippen LogP contribution >= 0.6 is 0 Å². The predicted octanol–water partition coefficient (Wildman–Crippen LogP) is 1.84. The minimum absolute atomic E-state index is 0.175. The first kappa shape index (κ1) is 15.7. The van der Waals surface area contributed by atoms with Gasteiger partial charge in [0.15, 0.2) is 0 Å². The topological polar surface area (TPSA) is 83.5 Å². The van der Waals surface area contributed by atoms with E-state index >= 15 is 0 Å². The van der Waals surface area contributed by atoms with E-state index in [2.05, 4.69) is 4.72 Å². The van der Waals surface area contributed by atoms with Gasteiger partial charge < -0.3 is 5.11 Å². The molecular weight excluding hydrogens is 266 g/mol. The van der Waals surface area contributed by atoms with E-state index in [1.807, 2.05) is 19.9 Å². The van der Waals surface area contributed by atoms with Gasteiger partial charge in [-0.05, 0) is 43.5 Å². The van der Waals surface area contributed by atoms with Crippen LogP contribution < -0.4 is 4.72 Å². The molecule has 0 radical (unpaired) electrons. The lowest BCUT2D eigenvalue weighted by Crippen LogP contribution is -2.36. The second-order valence-corrected chi connectivity index (χ2v) is 6.36. The molecule has 106 valence electrons. The van der Waals surface area contributed by atoms with Gasteiger partial charge in [-0.15, -0.1) is 0 Å². The molecule has 0 fully saturated rings. The van der Waals surface area contributed by atoms with Crippen LogP contribution in [0.3, 0.4) is 0 Å². The Bertz CT molecular complexity index is 546. The standard InChI is InChI=1S/C13H19NO4S/c1-4-11(8-13(15)16)14-19(17,18)12-6-9(2)5-10(3)7-12/h5-7,11,14H,4,8H2,1-3H3,(H,15,16). The number of rotatable bonds is 6. The van der Waals surface area contributed by atoms with Crippen molar-refractivity contribution >= 4 is 16.0 Å². The largest absolute Gasteiger partial charge is 0.481 e. The normalized spacial score (nSPS) is 13.2. The summed E-state index contributed by atoms with van der Waals surface area (Å²) in [5.74, 6) is -1.02. The lowest BCUT2D eigenvalue weighted by molar-refractivity contribution is -0.137. The van der Waals surface area contributed by atoms with Crippen LogP contribution in [0.4, 0.5) is 0 Å². The molecule has 0 spiro atoms. The molecule has 0 aliphatic rings. The van der Waals surface area contributed by atoms with Crippen molar-refractivity contribution in [3.63, 3.8) is 0 Å². The van der Waals surface area contributed by atoms with Crippen LogP contribution in [-0.4, -0.2) is 25.5 Å². The van der Waals surface area contributed by atoms with Gasteiger partial charge in [0.2, 0.25) is 10.0 Å². The van der Waals surface area contributed by atoms with Crippen LogP contribution in [0, 0.1) is 13.8 Å². The number of nitrogens with one attached hydrogen (secondary N) is 1. The fourth-order valence-corrected chi connectivity index (χ4v) is 3.36. The summed E-state index contributed by atoms with van der Waals surface area (Å²) in [6.45, 7) is 5.39. The average Bonchev–Trinajstić information content (AvgIpc) is 2.25. The SMILES string of the molecule is CCC(CC(=O)O)NS(=O)(=O)c1cc(C)cc(C)c1. The highest BCUT2D eigenvalue weighted by atomic mass is 32.2. The van der Waals surface area contributed by atoms with Crippen molar-refractivity contribution in [2.24, 2.45) is 0 Å². The molecule has 1 rings (SSSR count). The quantitative estimate of drug-likeness (QED) is 0.835. The second kappa shape index (κ2) is 6.16. The Hall–Kier alpha value is -1.40. The van der Waals surface area contributed by atoms with Crippen LogP contribution in [0.15, 0.2) is 23.1 Å². The molecule has 0 aliphatic carbocycles. The number of aryl methyl sites for hydroxylation is 2. The molecular formula is C13H19NO4S. The third-order valence-electron chi connectivity index (χ3n) is 2.74. The van der Waals surface area contributed by atoms with Crippen molar-refractivity contribution in [1.29, 1.82) is 0 Å². The molecule has 0 saturated carbocycles. The van der Waals surface area contributed by atoms with Gasteiger partial charge in [0, 0.05) is 6.04 Å². The fraction of sp³-hybridized carbons (Fsp3) is 0.462. The number of hydrogen-bond donors (Lipinski definition) is 2. The van der Waals surface area contributed by atoms with Gasteiger partial charge in [-0.25, -0.2) is 13.1 Å². The Morgan fingerprint density at radius 3 is 2.21 bits per heavy atom. The molecule has 19 heavy (non-hydrogen) atoms. The Morgan fingerprint density at radius 2 is 1.79 bits per heavy atom. The first-order valence-corrected chi connectivity index (χ1v) is 7.55. The zero-order valence-corrected chi connectivity index (χ0v) is 12.1. The molecule has 0 saturated heterocycles. The summed E-state index contributed by atoms with van der Waals surface area (Å²) >= 11 is 0. The predicted molar refractivity (Wildman–Crippen MR) is 72.6 cm³/mol. The molecule has 5 nitrogen and oxygen atoms in total. The molecule has 0 bridgehead atoms. The maximum atomic E-state index is 12.2. The van der Waals surface area contributed by atoms with E-state index in [0.717, 1.165) is 11.1 Å². The van der Waals surface area contributed by atoms with Crippen LogP contribution in [0.2, 0.25) is 0 Å². The molecule has 2 N–H and O–H groups in total. The molecule has 0 amide bonds. The number of benzene rings is 1. The molecule has 0 heterocycles. The summed E-state index contributed by atoms with van der Waals surface area (Å²) in [4.78, 5) is 10.8. The number of aliphatic carboxylic acids is 1. The molecule has 1 aromatic carbocycles.